The summed E-state index contributed by atoms with van der Waals surface area (Å²) < 4.78 is 27.4. The van der Waals surface area contributed by atoms with Crippen LogP contribution in [0.2, 0.25) is 4.34 Å². The predicted molar refractivity (Wildman–Crippen MR) is 122 cm³/mol. The monoisotopic (exact) mass is 543 g/mol. The summed E-state index contributed by atoms with van der Waals surface area (Å²) >= 11 is 6.81. The molecule has 0 atom stereocenters. The Morgan fingerprint density at radius 2 is 2.04 bits per heavy atom. The molecular weight excluding hydrogens is 521 g/mol. The van der Waals surface area contributed by atoms with Gasteiger partial charge in [-0.2, -0.15) is 0 Å². The van der Waals surface area contributed by atoms with Gasteiger partial charge in [-0.1, -0.05) is 17.7 Å². The van der Waals surface area contributed by atoms with Crippen molar-refractivity contribution in [1.29, 1.82) is 0 Å². The van der Waals surface area contributed by atoms with Crippen LogP contribution in [-0.4, -0.2) is 45.5 Å². The Morgan fingerprint density at radius 3 is 2.67 bits per heavy atom. The van der Waals surface area contributed by atoms with Crippen molar-refractivity contribution in [3.63, 3.8) is 0 Å². The first-order valence-corrected chi connectivity index (χ1v) is 10.9. The minimum atomic E-state index is -3.54. The summed E-state index contributed by atoms with van der Waals surface area (Å²) in [5.74, 6) is 0.641. The third-order valence-corrected chi connectivity index (χ3v) is 6.42. The van der Waals surface area contributed by atoms with E-state index in [1.54, 1.807) is 12.3 Å². The molecule has 150 valence electrons. The second-order valence-electron chi connectivity index (χ2n) is 5.21. The normalized spacial score (nSPS) is 11.7. The fraction of sp³-hybridized carbons (Fsp3) is 0.375. The van der Waals surface area contributed by atoms with Gasteiger partial charge in [0.15, 0.2) is 5.96 Å². The van der Waals surface area contributed by atoms with Crippen LogP contribution in [0, 0.1) is 0 Å². The molecule has 2 rings (SSSR count). The van der Waals surface area contributed by atoms with E-state index in [2.05, 4.69) is 25.3 Å². The number of sulfonamides is 1. The Morgan fingerprint density at radius 1 is 1.22 bits per heavy atom. The lowest BCUT2D eigenvalue weighted by molar-refractivity contribution is 0.584. The van der Waals surface area contributed by atoms with E-state index in [1.807, 2.05) is 25.1 Å². The van der Waals surface area contributed by atoms with Crippen molar-refractivity contribution >= 4 is 62.9 Å². The Balaban J connectivity index is 0.00000364. The quantitative estimate of drug-likeness (QED) is 0.196. The van der Waals surface area contributed by atoms with Crippen LogP contribution < -0.4 is 15.4 Å². The largest absolute Gasteiger partial charge is 0.357 e. The molecule has 0 radical (unpaired) electrons. The van der Waals surface area contributed by atoms with E-state index in [4.69, 9.17) is 11.6 Å². The molecule has 2 heterocycles. The topological polar surface area (TPSA) is 95.5 Å². The zero-order valence-corrected chi connectivity index (χ0v) is 19.5. The number of halogens is 2. The molecule has 11 heteroatoms. The van der Waals surface area contributed by atoms with Gasteiger partial charge in [-0.25, -0.2) is 13.1 Å². The zero-order valence-electron chi connectivity index (χ0n) is 14.8. The summed E-state index contributed by atoms with van der Waals surface area (Å²) in [6.45, 7) is 3.89. The standard InChI is InChI=1S/C16H22ClN5O2S2.HI/c1-2-18-16(20-10-8-13-5-3-4-9-19-13)21-11-12-22-26(23,24)15-7-6-14(17)25-15;/h3-7,9,22H,2,8,10-12H2,1H3,(H2,18,20,21);1H. The molecule has 0 unspecified atom stereocenters. The van der Waals surface area contributed by atoms with E-state index in [-0.39, 0.29) is 34.7 Å². The van der Waals surface area contributed by atoms with Gasteiger partial charge in [0.05, 0.1) is 10.9 Å². The van der Waals surface area contributed by atoms with Gasteiger partial charge in [0.25, 0.3) is 0 Å². The van der Waals surface area contributed by atoms with Crippen LogP contribution in [0.5, 0.6) is 0 Å². The number of guanidine groups is 1. The van der Waals surface area contributed by atoms with Crippen molar-refractivity contribution in [2.75, 3.05) is 26.2 Å². The van der Waals surface area contributed by atoms with Crippen LogP contribution in [0.4, 0.5) is 0 Å². The minimum absolute atomic E-state index is 0. The number of pyridine rings is 1. The second-order valence-corrected chi connectivity index (χ2v) is 8.92. The van der Waals surface area contributed by atoms with Crippen LogP contribution in [0.25, 0.3) is 0 Å². The highest BCUT2D eigenvalue weighted by Gasteiger charge is 2.15. The molecule has 3 N–H and O–H groups in total. The first-order valence-electron chi connectivity index (χ1n) is 8.18. The summed E-state index contributed by atoms with van der Waals surface area (Å²) in [5, 5.41) is 6.34. The smallest absolute Gasteiger partial charge is 0.250 e. The molecule has 0 aliphatic carbocycles. The molecular formula is C16H23ClIN5O2S2. The van der Waals surface area contributed by atoms with E-state index < -0.39 is 10.0 Å². The third kappa shape index (κ3) is 8.73. The van der Waals surface area contributed by atoms with Gasteiger partial charge in [-0.05, 0) is 31.2 Å². The predicted octanol–water partition coefficient (Wildman–Crippen LogP) is 2.49. The van der Waals surface area contributed by atoms with Gasteiger partial charge in [0, 0.05) is 37.9 Å². The maximum atomic E-state index is 12.1. The van der Waals surface area contributed by atoms with Crippen molar-refractivity contribution in [1.82, 2.24) is 20.3 Å². The number of nitrogens with one attached hydrogen (secondary N) is 3. The number of nitrogens with zero attached hydrogens (tertiary/aromatic N) is 2. The van der Waals surface area contributed by atoms with Crippen molar-refractivity contribution < 1.29 is 8.42 Å². The molecule has 7 nitrogen and oxygen atoms in total. The Bertz CT molecular complexity index is 815. The SMILES string of the molecule is CCNC(=NCCNS(=O)(=O)c1ccc(Cl)s1)NCCc1ccccn1.I. The van der Waals surface area contributed by atoms with E-state index in [0.717, 1.165) is 30.0 Å². The fourth-order valence-corrected chi connectivity index (χ4v) is 4.61. The molecule has 0 amide bonds. The molecule has 0 saturated heterocycles. The van der Waals surface area contributed by atoms with Crippen molar-refractivity contribution in [2.45, 2.75) is 17.6 Å². The third-order valence-electron chi connectivity index (χ3n) is 3.23. The molecule has 27 heavy (non-hydrogen) atoms. The maximum Gasteiger partial charge on any atom is 0.250 e. The molecule has 0 saturated carbocycles. The number of hydrogen-bond donors (Lipinski definition) is 3. The summed E-state index contributed by atoms with van der Waals surface area (Å²) in [4.78, 5) is 8.64. The van der Waals surface area contributed by atoms with Crippen molar-refractivity contribution in [2.24, 2.45) is 4.99 Å². The van der Waals surface area contributed by atoms with Gasteiger partial charge in [-0.3, -0.25) is 9.98 Å². The van der Waals surface area contributed by atoms with Crippen LogP contribution in [-0.2, 0) is 16.4 Å². The number of aliphatic imine (C=N–C) groups is 1. The molecule has 2 aromatic heterocycles. The molecule has 0 fully saturated rings. The van der Waals surface area contributed by atoms with Crippen molar-refractivity contribution in [3.8, 4) is 0 Å². The molecule has 0 aliphatic heterocycles. The van der Waals surface area contributed by atoms with Crippen LogP contribution in [0.3, 0.4) is 0 Å². The van der Waals surface area contributed by atoms with Gasteiger partial charge >= 0.3 is 0 Å². The van der Waals surface area contributed by atoms with E-state index >= 15 is 0 Å². The van der Waals surface area contributed by atoms with E-state index in [0.29, 0.717) is 23.4 Å². The molecule has 0 spiro atoms. The fourth-order valence-electron chi connectivity index (χ4n) is 2.06. The molecule has 2 aromatic rings. The zero-order chi connectivity index (χ0) is 18.8. The maximum absolute atomic E-state index is 12.1. The Labute approximate surface area is 186 Å². The average molecular weight is 544 g/mol. The Kier molecular flexibility index (Phi) is 11.1. The number of rotatable bonds is 9. The second kappa shape index (κ2) is 12.5. The number of aromatic nitrogens is 1. The summed E-state index contributed by atoms with van der Waals surface area (Å²) in [6.07, 6.45) is 2.54. The first kappa shape index (κ1) is 24.1. The summed E-state index contributed by atoms with van der Waals surface area (Å²) in [7, 11) is -3.54. The molecule has 0 bridgehead atoms. The highest BCUT2D eigenvalue weighted by atomic mass is 127. The lowest BCUT2D eigenvalue weighted by atomic mass is 10.3. The Hall–Kier alpha value is -0.950. The van der Waals surface area contributed by atoms with Gasteiger partial charge in [0.2, 0.25) is 10.0 Å². The number of hydrogen-bond acceptors (Lipinski definition) is 5. The average Bonchev–Trinajstić information content (AvgIpc) is 3.07. The lowest BCUT2D eigenvalue weighted by Gasteiger charge is -2.11. The van der Waals surface area contributed by atoms with Crippen LogP contribution in [0.15, 0.2) is 45.7 Å². The lowest BCUT2D eigenvalue weighted by Crippen LogP contribution is -2.39. The highest BCUT2D eigenvalue weighted by molar-refractivity contribution is 14.0. The van der Waals surface area contributed by atoms with Gasteiger partial charge < -0.3 is 10.6 Å². The van der Waals surface area contributed by atoms with E-state index in [1.165, 1.54) is 6.07 Å². The first-order chi connectivity index (χ1) is 12.5. The number of thiophene rings is 1. The minimum Gasteiger partial charge on any atom is -0.357 e. The highest BCUT2D eigenvalue weighted by Crippen LogP contribution is 2.25. The molecule has 0 aromatic carbocycles. The molecule has 0 aliphatic rings. The summed E-state index contributed by atoms with van der Waals surface area (Å²) in [5.41, 5.74) is 0.998. The van der Waals surface area contributed by atoms with Crippen molar-refractivity contribution in [3.05, 3.63) is 46.6 Å². The van der Waals surface area contributed by atoms with Crippen LogP contribution >= 0.6 is 46.9 Å². The van der Waals surface area contributed by atoms with Crippen LogP contribution in [0.1, 0.15) is 12.6 Å². The summed E-state index contributed by atoms with van der Waals surface area (Å²) in [6, 6.07) is 8.86. The van der Waals surface area contributed by atoms with E-state index in [9.17, 15) is 8.42 Å². The van der Waals surface area contributed by atoms with Gasteiger partial charge in [-0.15, -0.1) is 35.3 Å². The van der Waals surface area contributed by atoms with Gasteiger partial charge in [0.1, 0.15) is 4.21 Å².